The fourth-order valence-corrected chi connectivity index (χ4v) is 2.18. The fraction of sp³-hybridized carbons (Fsp3) is 0.533. The van der Waals surface area contributed by atoms with Crippen molar-refractivity contribution >= 4 is 6.29 Å². The summed E-state index contributed by atoms with van der Waals surface area (Å²) >= 11 is 0. The molecule has 0 amide bonds. The molecule has 0 spiro atoms. The van der Waals surface area contributed by atoms with Gasteiger partial charge in [-0.3, -0.25) is 0 Å². The van der Waals surface area contributed by atoms with E-state index in [1.807, 2.05) is 30.3 Å². The second kappa shape index (κ2) is 8.01. The molecule has 0 heterocycles. The lowest BCUT2D eigenvalue weighted by molar-refractivity contribution is -0.114. The SMILES string of the molecule is COCO[C@H](C(C)C)[C@@H](CC=O)c1ccccc1. The number of benzene rings is 1. The van der Waals surface area contributed by atoms with E-state index in [1.165, 1.54) is 0 Å². The standard InChI is InChI=1S/C15H22O3/c1-12(2)15(18-11-17-3)14(9-10-16)13-7-5-4-6-8-13/h4-8,10,12,14-15H,9,11H2,1-3H3/t14-,15+/m0/s1. The number of carbonyl (C=O) groups excluding carboxylic acids is 1. The number of methoxy groups -OCH3 is 1. The Balaban J connectivity index is 2.89. The third-order valence-electron chi connectivity index (χ3n) is 3.01. The Labute approximate surface area is 109 Å². The van der Waals surface area contributed by atoms with Crippen LogP contribution in [0.2, 0.25) is 0 Å². The van der Waals surface area contributed by atoms with Crippen molar-refractivity contribution in [3.63, 3.8) is 0 Å². The maximum absolute atomic E-state index is 10.9. The smallest absolute Gasteiger partial charge is 0.146 e. The summed E-state index contributed by atoms with van der Waals surface area (Å²) in [7, 11) is 1.61. The normalized spacial score (nSPS) is 14.4. The van der Waals surface area contributed by atoms with Crippen LogP contribution in [-0.4, -0.2) is 26.3 Å². The van der Waals surface area contributed by atoms with E-state index in [2.05, 4.69) is 13.8 Å². The topological polar surface area (TPSA) is 35.5 Å². The molecule has 0 fully saturated rings. The van der Waals surface area contributed by atoms with Gasteiger partial charge in [-0.25, -0.2) is 0 Å². The lowest BCUT2D eigenvalue weighted by atomic mass is 9.85. The first-order chi connectivity index (χ1) is 8.70. The van der Waals surface area contributed by atoms with Gasteiger partial charge in [-0.2, -0.15) is 0 Å². The summed E-state index contributed by atoms with van der Waals surface area (Å²) in [5.41, 5.74) is 1.14. The maximum Gasteiger partial charge on any atom is 0.146 e. The average Bonchev–Trinajstić information content (AvgIpc) is 2.38. The number of hydrogen-bond acceptors (Lipinski definition) is 3. The van der Waals surface area contributed by atoms with Crippen LogP contribution in [-0.2, 0) is 14.3 Å². The highest BCUT2D eigenvalue weighted by atomic mass is 16.7. The van der Waals surface area contributed by atoms with Crippen LogP contribution in [0.3, 0.4) is 0 Å². The quantitative estimate of drug-likeness (QED) is 0.525. The molecule has 0 unspecified atom stereocenters. The Hall–Kier alpha value is -1.19. The minimum absolute atomic E-state index is 0.0162. The van der Waals surface area contributed by atoms with Crippen LogP contribution in [0.25, 0.3) is 0 Å². The minimum atomic E-state index is -0.0162. The molecule has 0 saturated carbocycles. The number of carbonyl (C=O) groups is 1. The number of aldehydes is 1. The summed E-state index contributed by atoms with van der Waals surface area (Å²) in [5, 5.41) is 0. The van der Waals surface area contributed by atoms with E-state index < -0.39 is 0 Å². The predicted molar refractivity (Wildman–Crippen MR) is 71.5 cm³/mol. The molecule has 0 radical (unpaired) electrons. The molecule has 0 aromatic heterocycles. The molecular weight excluding hydrogens is 228 g/mol. The van der Waals surface area contributed by atoms with Crippen molar-refractivity contribution < 1.29 is 14.3 Å². The molecule has 3 heteroatoms. The second-order valence-electron chi connectivity index (χ2n) is 4.70. The number of rotatable bonds is 8. The maximum atomic E-state index is 10.9. The molecule has 0 aliphatic heterocycles. The molecule has 1 aromatic rings. The molecule has 3 nitrogen and oxygen atoms in total. The molecule has 1 rings (SSSR count). The van der Waals surface area contributed by atoms with Gasteiger partial charge in [-0.15, -0.1) is 0 Å². The first kappa shape index (κ1) is 14.9. The summed E-state index contributed by atoms with van der Waals surface area (Å²) in [6.07, 6.45) is 1.41. The van der Waals surface area contributed by atoms with Crippen molar-refractivity contribution in [1.29, 1.82) is 0 Å². The van der Waals surface area contributed by atoms with Crippen LogP contribution >= 0.6 is 0 Å². The van der Waals surface area contributed by atoms with E-state index >= 15 is 0 Å². The van der Waals surface area contributed by atoms with Gasteiger partial charge in [-0.05, 0) is 11.5 Å². The minimum Gasteiger partial charge on any atom is -0.359 e. The summed E-state index contributed by atoms with van der Waals surface area (Å²) in [6, 6.07) is 10.0. The molecule has 1 aromatic carbocycles. The second-order valence-corrected chi connectivity index (χ2v) is 4.70. The number of hydrogen-bond donors (Lipinski definition) is 0. The van der Waals surface area contributed by atoms with Gasteiger partial charge >= 0.3 is 0 Å². The molecule has 0 aliphatic carbocycles. The lowest BCUT2D eigenvalue weighted by Gasteiger charge is -2.29. The highest BCUT2D eigenvalue weighted by Crippen LogP contribution is 2.29. The van der Waals surface area contributed by atoms with Gasteiger partial charge in [-0.1, -0.05) is 44.2 Å². The summed E-state index contributed by atoms with van der Waals surface area (Å²) in [6.45, 7) is 4.45. The lowest BCUT2D eigenvalue weighted by Crippen LogP contribution is -2.29. The van der Waals surface area contributed by atoms with Gasteiger partial charge in [0.15, 0.2) is 0 Å². The summed E-state index contributed by atoms with van der Waals surface area (Å²) < 4.78 is 10.7. The Morgan fingerprint density at radius 3 is 2.39 bits per heavy atom. The van der Waals surface area contributed by atoms with E-state index in [9.17, 15) is 4.79 Å². The van der Waals surface area contributed by atoms with Crippen LogP contribution < -0.4 is 0 Å². The van der Waals surface area contributed by atoms with E-state index in [4.69, 9.17) is 9.47 Å². The molecule has 2 atom stereocenters. The van der Waals surface area contributed by atoms with E-state index in [0.717, 1.165) is 11.8 Å². The largest absolute Gasteiger partial charge is 0.359 e. The fourth-order valence-electron chi connectivity index (χ4n) is 2.18. The first-order valence-corrected chi connectivity index (χ1v) is 6.29. The zero-order chi connectivity index (χ0) is 13.4. The van der Waals surface area contributed by atoms with Crippen LogP contribution in [0.4, 0.5) is 0 Å². The van der Waals surface area contributed by atoms with E-state index in [-0.39, 0.29) is 18.8 Å². The zero-order valence-corrected chi connectivity index (χ0v) is 11.3. The predicted octanol–water partition coefficient (Wildman–Crippen LogP) is 3.00. The molecule has 0 bridgehead atoms. The van der Waals surface area contributed by atoms with Crippen molar-refractivity contribution in [2.45, 2.75) is 32.3 Å². The Kier molecular flexibility index (Phi) is 6.61. The van der Waals surface area contributed by atoms with Crippen LogP contribution in [0.15, 0.2) is 30.3 Å². The van der Waals surface area contributed by atoms with Crippen LogP contribution in [0, 0.1) is 5.92 Å². The Morgan fingerprint density at radius 1 is 1.22 bits per heavy atom. The van der Waals surface area contributed by atoms with Crippen molar-refractivity contribution in [3.8, 4) is 0 Å². The van der Waals surface area contributed by atoms with Crippen molar-refractivity contribution in [2.75, 3.05) is 13.9 Å². The van der Waals surface area contributed by atoms with Gasteiger partial charge < -0.3 is 14.3 Å². The Morgan fingerprint density at radius 2 is 1.89 bits per heavy atom. The third kappa shape index (κ3) is 4.24. The molecule has 100 valence electrons. The monoisotopic (exact) mass is 250 g/mol. The third-order valence-corrected chi connectivity index (χ3v) is 3.01. The van der Waals surface area contributed by atoms with E-state index in [0.29, 0.717) is 12.3 Å². The van der Waals surface area contributed by atoms with Gasteiger partial charge in [0.1, 0.15) is 13.1 Å². The van der Waals surface area contributed by atoms with Crippen molar-refractivity contribution in [1.82, 2.24) is 0 Å². The average molecular weight is 250 g/mol. The van der Waals surface area contributed by atoms with Gasteiger partial charge in [0.05, 0.1) is 6.10 Å². The van der Waals surface area contributed by atoms with Gasteiger partial charge in [0.25, 0.3) is 0 Å². The van der Waals surface area contributed by atoms with Crippen molar-refractivity contribution in [2.24, 2.45) is 5.92 Å². The zero-order valence-electron chi connectivity index (χ0n) is 11.3. The Bertz CT molecular complexity index is 335. The molecule has 0 aliphatic rings. The van der Waals surface area contributed by atoms with Crippen LogP contribution in [0.1, 0.15) is 31.7 Å². The summed E-state index contributed by atoms with van der Waals surface area (Å²) in [5.74, 6) is 0.407. The molecule has 18 heavy (non-hydrogen) atoms. The first-order valence-electron chi connectivity index (χ1n) is 6.29. The van der Waals surface area contributed by atoms with Gasteiger partial charge in [0.2, 0.25) is 0 Å². The molecule has 0 N–H and O–H groups in total. The van der Waals surface area contributed by atoms with Crippen molar-refractivity contribution in [3.05, 3.63) is 35.9 Å². The summed E-state index contributed by atoms with van der Waals surface area (Å²) in [4.78, 5) is 10.9. The highest BCUT2D eigenvalue weighted by molar-refractivity contribution is 5.52. The van der Waals surface area contributed by atoms with E-state index in [1.54, 1.807) is 7.11 Å². The van der Waals surface area contributed by atoms with Crippen LogP contribution in [0.5, 0.6) is 0 Å². The molecule has 0 saturated heterocycles. The molecular formula is C15H22O3. The van der Waals surface area contributed by atoms with Gasteiger partial charge in [0, 0.05) is 19.4 Å². The number of ether oxygens (including phenoxy) is 2. The highest BCUT2D eigenvalue weighted by Gasteiger charge is 2.26.